The molecule has 1 atom stereocenters. The molecule has 1 aromatic carbocycles. The predicted molar refractivity (Wildman–Crippen MR) is 83.9 cm³/mol. The number of hydrogen-bond donors (Lipinski definition) is 2. The number of nitrogens with two attached hydrogens (primary N) is 1. The molecule has 106 valence electrons. The molecule has 0 saturated heterocycles. The molecule has 0 spiro atoms. The number of nitrogen functional groups attached to an aromatic ring is 1. The minimum absolute atomic E-state index is 0.0487. The predicted octanol–water partition coefficient (Wildman–Crippen LogP) is 3.20. The number of benzene rings is 1. The number of aromatic nitrogens is 1. The highest BCUT2D eigenvalue weighted by molar-refractivity contribution is 5.56. The Bertz CT molecular complexity index is 715. The van der Waals surface area contributed by atoms with Crippen LogP contribution in [0, 0.1) is 11.3 Å². The molecule has 0 saturated carbocycles. The van der Waals surface area contributed by atoms with Gasteiger partial charge in [-0.05, 0) is 55.5 Å². The summed E-state index contributed by atoms with van der Waals surface area (Å²) in [4.78, 5) is 4.65. The minimum Gasteiger partial charge on any atom is -0.399 e. The van der Waals surface area contributed by atoms with Gasteiger partial charge < -0.3 is 11.1 Å². The maximum absolute atomic E-state index is 9.33. The van der Waals surface area contributed by atoms with Crippen molar-refractivity contribution in [1.29, 1.82) is 5.26 Å². The van der Waals surface area contributed by atoms with Gasteiger partial charge >= 0.3 is 0 Å². The van der Waals surface area contributed by atoms with Crippen molar-refractivity contribution < 1.29 is 0 Å². The van der Waals surface area contributed by atoms with Crippen molar-refractivity contribution in [3.05, 3.63) is 52.7 Å². The molecular formula is C17H18N4. The van der Waals surface area contributed by atoms with Crippen molar-refractivity contribution in [2.75, 3.05) is 11.1 Å². The van der Waals surface area contributed by atoms with Gasteiger partial charge in [-0.2, -0.15) is 5.26 Å². The molecule has 0 fully saturated rings. The molecule has 3 N–H and O–H groups in total. The van der Waals surface area contributed by atoms with Crippen LogP contribution in [0.15, 0.2) is 30.3 Å². The van der Waals surface area contributed by atoms with E-state index >= 15 is 0 Å². The number of nitrogens with zero attached hydrogens (tertiary/aromatic N) is 2. The summed E-state index contributed by atoms with van der Waals surface area (Å²) in [6, 6.07) is 12.0. The summed E-state index contributed by atoms with van der Waals surface area (Å²) in [6.07, 6.45) is 3.16. The second-order valence-corrected chi connectivity index (χ2v) is 5.49. The Kier molecular flexibility index (Phi) is 3.49. The molecule has 0 aliphatic heterocycles. The Morgan fingerprint density at radius 1 is 1.33 bits per heavy atom. The first-order valence-corrected chi connectivity index (χ1v) is 7.22. The number of hydrogen-bond acceptors (Lipinski definition) is 4. The SMILES string of the molecule is CC(Nc1nc2c(cc1C#N)CCC2)c1cccc(N)c1. The van der Waals surface area contributed by atoms with Gasteiger partial charge in [0.1, 0.15) is 11.9 Å². The van der Waals surface area contributed by atoms with Gasteiger partial charge in [0, 0.05) is 11.4 Å². The third-order valence-electron chi connectivity index (χ3n) is 3.94. The number of fused-ring (bicyclic) bond motifs is 1. The zero-order valence-electron chi connectivity index (χ0n) is 12.1. The molecule has 1 aromatic heterocycles. The van der Waals surface area contributed by atoms with Crippen LogP contribution < -0.4 is 11.1 Å². The number of aryl methyl sites for hydroxylation is 2. The molecule has 0 bridgehead atoms. The van der Waals surface area contributed by atoms with E-state index in [-0.39, 0.29) is 6.04 Å². The van der Waals surface area contributed by atoms with E-state index in [1.54, 1.807) is 0 Å². The molecule has 0 amide bonds. The van der Waals surface area contributed by atoms with Gasteiger partial charge in [0.05, 0.1) is 11.6 Å². The summed E-state index contributed by atoms with van der Waals surface area (Å²) in [7, 11) is 0. The van der Waals surface area contributed by atoms with E-state index < -0.39 is 0 Å². The van der Waals surface area contributed by atoms with E-state index in [0.29, 0.717) is 11.4 Å². The Labute approximate surface area is 124 Å². The molecule has 1 aliphatic rings. The lowest BCUT2D eigenvalue weighted by atomic mass is 10.1. The first kappa shape index (κ1) is 13.4. The topological polar surface area (TPSA) is 74.7 Å². The fourth-order valence-corrected chi connectivity index (χ4v) is 2.78. The first-order valence-electron chi connectivity index (χ1n) is 7.22. The third kappa shape index (κ3) is 2.68. The van der Waals surface area contributed by atoms with Crippen LogP contribution in [0.5, 0.6) is 0 Å². The van der Waals surface area contributed by atoms with Crippen LogP contribution in [0.3, 0.4) is 0 Å². The van der Waals surface area contributed by atoms with Crippen LogP contribution in [0.2, 0.25) is 0 Å². The van der Waals surface area contributed by atoms with Gasteiger partial charge in [0.2, 0.25) is 0 Å². The van der Waals surface area contributed by atoms with Crippen LogP contribution in [0.1, 0.15) is 41.8 Å². The molecule has 4 nitrogen and oxygen atoms in total. The van der Waals surface area contributed by atoms with Gasteiger partial charge in [0.25, 0.3) is 0 Å². The Morgan fingerprint density at radius 2 is 2.19 bits per heavy atom. The largest absolute Gasteiger partial charge is 0.399 e. The Balaban J connectivity index is 1.89. The number of anilines is 2. The van der Waals surface area contributed by atoms with Crippen LogP contribution >= 0.6 is 0 Å². The summed E-state index contributed by atoms with van der Waals surface area (Å²) in [5, 5.41) is 12.7. The van der Waals surface area contributed by atoms with Crippen molar-refractivity contribution >= 4 is 11.5 Å². The molecule has 21 heavy (non-hydrogen) atoms. The summed E-state index contributed by atoms with van der Waals surface area (Å²) < 4.78 is 0. The molecule has 1 unspecified atom stereocenters. The highest BCUT2D eigenvalue weighted by atomic mass is 15.0. The maximum Gasteiger partial charge on any atom is 0.144 e. The lowest BCUT2D eigenvalue weighted by Crippen LogP contribution is -2.11. The second-order valence-electron chi connectivity index (χ2n) is 5.49. The highest BCUT2D eigenvalue weighted by Crippen LogP contribution is 2.27. The lowest BCUT2D eigenvalue weighted by Gasteiger charge is -2.17. The Hall–Kier alpha value is -2.54. The van der Waals surface area contributed by atoms with E-state index in [9.17, 15) is 5.26 Å². The summed E-state index contributed by atoms with van der Waals surface area (Å²) in [5.41, 5.74) is 10.6. The van der Waals surface area contributed by atoms with Crippen molar-refractivity contribution in [2.45, 2.75) is 32.2 Å². The van der Waals surface area contributed by atoms with E-state index in [1.807, 2.05) is 37.3 Å². The maximum atomic E-state index is 9.33. The highest BCUT2D eigenvalue weighted by Gasteiger charge is 2.17. The fraction of sp³-hybridized carbons (Fsp3) is 0.294. The summed E-state index contributed by atoms with van der Waals surface area (Å²) >= 11 is 0. The number of nitriles is 1. The fourth-order valence-electron chi connectivity index (χ4n) is 2.78. The smallest absolute Gasteiger partial charge is 0.144 e. The van der Waals surface area contributed by atoms with Gasteiger partial charge in [-0.25, -0.2) is 4.98 Å². The van der Waals surface area contributed by atoms with Crippen molar-refractivity contribution in [2.24, 2.45) is 0 Å². The average Bonchev–Trinajstić information content (AvgIpc) is 2.93. The molecular weight excluding hydrogens is 260 g/mol. The normalized spacial score (nSPS) is 14.3. The number of nitrogens with one attached hydrogen (secondary N) is 1. The molecule has 2 aromatic rings. The molecule has 4 heteroatoms. The molecule has 3 rings (SSSR count). The van der Waals surface area contributed by atoms with Gasteiger partial charge in [-0.1, -0.05) is 12.1 Å². The van der Waals surface area contributed by atoms with E-state index in [2.05, 4.69) is 16.4 Å². The number of rotatable bonds is 3. The van der Waals surface area contributed by atoms with Crippen LogP contribution in [0.25, 0.3) is 0 Å². The van der Waals surface area contributed by atoms with Crippen molar-refractivity contribution in [1.82, 2.24) is 4.98 Å². The van der Waals surface area contributed by atoms with E-state index in [0.717, 1.165) is 36.2 Å². The lowest BCUT2D eigenvalue weighted by molar-refractivity contribution is 0.865. The van der Waals surface area contributed by atoms with Crippen LogP contribution in [-0.2, 0) is 12.8 Å². The standard InChI is InChI=1S/C17H18N4/c1-11(12-4-2-6-15(19)9-12)20-17-14(10-18)8-13-5-3-7-16(13)21-17/h2,4,6,8-9,11H,3,5,7,19H2,1H3,(H,20,21). The Morgan fingerprint density at radius 3 is 2.95 bits per heavy atom. The minimum atomic E-state index is 0.0487. The average molecular weight is 278 g/mol. The van der Waals surface area contributed by atoms with E-state index in [4.69, 9.17) is 5.73 Å². The quantitative estimate of drug-likeness (QED) is 0.845. The molecule has 0 radical (unpaired) electrons. The zero-order valence-corrected chi connectivity index (χ0v) is 12.1. The molecule has 1 heterocycles. The van der Waals surface area contributed by atoms with Gasteiger partial charge in [-0.15, -0.1) is 0 Å². The summed E-state index contributed by atoms with van der Waals surface area (Å²) in [6.45, 7) is 2.05. The van der Waals surface area contributed by atoms with Gasteiger partial charge in [0.15, 0.2) is 0 Å². The zero-order chi connectivity index (χ0) is 14.8. The van der Waals surface area contributed by atoms with E-state index in [1.165, 1.54) is 5.56 Å². The second kappa shape index (κ2) is 5.45. The first-order chi connectivity index (χ1) is 10.2. The van der Waals surface area contributed by atoms with Crippen LogP contribution in [0.4, 0.5) is 11.5 Å². The third-order valence-corrected chi connectivity index (χ3v) is 3.94. The monoisotopic (exact) mass is 278 g/mol. The van der Waals surface area contributed by atoms with Gasteiger partial charge in [-0.3, -0.25) is 0 Å². The van der Waals surface area contributed by atoms with Crippen LogP contribution in [-0.4, -0.2) is 4.98 Å². The van der Waals surface area contributed by atoms with Crippen molar-refractivity contribution in [3.63, 3.8) is 0 Å². The summed E-state index contributed by atoms with van der Waals surface area (Å²) in [5.74, 6) is 0.674. The number of pyridine rings is 1. The molecule has 1 aliphatic carbocycles. The van der Waals surface area contributed by atoms with Crippen molar-refractivity contribution in [3.8, 4) is 6.07 Å².